The molecule has 0 unspecified atom stereocenters. The first kappa shape index (κ1) is 12.8. The highest BCUT2D eigenvalue weighted by molar-refractivity contribution is 6.42. The molecular formula is C10H8Cl2O4. The normalized spacial score (nSPS) is 9.69. The highest BCUT2D eigenvalue weighted by Gasteiger charge is 2.08. The highest BCUT2D eigenvalue weighted by atomic mass is 35.5. The molecule has 0 bridgehead atoms. The maximum Gasteiger partial charge on any atom is 0.349 e. The van der Waals surface area contributed by atoms with Crippen LogP contribution in [-0.4, -0.2) is 18.5 Å². The molecule has 0 amide bonds. The van der Waals surface area contributed by atoms with E-state index in [0.29, 0.717) is 5.02 Å². The summed E-state index contributed by atoms with van der Waals surface area (Å²) in [7, 11) is 0. The molecule has 1 rings (SSSR count). The monoisotopic (exact) mass is 262 g/mol. The Morgan fingerprint density at radius 2 is 1.94 bits per heavy atom. The van der Waals surface area contributed by atoms with Crippen LogP contribution in [0.1, 0.15) is 6.92 Å². The fraction of sp³-hybridized carbons (Fsp3) is 0.200. The summed E-state index contributed by atoms with van der Waals surface area (Å²) in [5, 5.41) is 0.640. The molecule has 16 heavy (non-hydrogen) atoms. The van der Waals surface area contributed by atoms with E-state index in [-0.39, 0.29) is 10.8 Å². The molecule has 1 aromatic carbocycles. The van der Waals surface area contributed by atoms with Gasteiger partial charge in [0.25, 0.3) is 0 Å². The third-order valence-electron chi connectivity index (χ3n) is 1.52. The lowest BCUT2D eigenvalue weighted by molar-refractivity contribution is -0.152. The maximum atomic E-state index is 11.1. The Hall–Kier alpha value is -1.26. The Balaban J connectivity index is 2.56. The van der Waals surface area contributed by atoms with E-state index in [4.69, 9.17) is 27.9 Å². The number of rotatable bonds is 3. The van der Waals surface area contributed by atoms with Gasteiger partial charge in [0.1, 0.15) is 5.75 Å². The van der Waals surface area contributed by atoms with Gasteiger partial charge < -0.3 is 9.47 Å². The van der Waals surface area contributed by atoms with Crippen LogP contribution in [0.3, 0.4) is 0 Å². The van der Waals surface area contributed by atoms with Gasteiger partial charge in [-0.25, -0.2) is 4.79 Å². The van der Waals surface area contributed by atoms with E-state index < -0.39 is 18.5 Å². The van der Waals surface area contributed by atoms with E-state index in [1.165, 1.54) is 25.1 Å². The summed E-state index contributed by atoms with van der Waals surface area (Å²) in [4.78, 5) is 21.6. The number of carbonyl (C=O) groups excluding carboxylic acids is 2. The van der Waals surface area contributed by atoms with Gasteiger partial charge in [-0.15, -0.1) is 0 Å². The lowest BCUT2D eigenvalue weighted by Crippen LogP contribution is -2.17. The molecule has 0 aliphatic rings. The molecule has 0 aromatic heterocycles. The van der Waals surface area contributed by atoms with Crippen molar-refractivity contribution in [2.75, 3.05) is 6.61 Å². The molecule has 0 aliphatic heterocycles. The lowest BCUT2D eigenvalue weighted by atomic mass is 10.3. The summed E-state index contributed by atoms with van der Waals surface area (Å²) in [6.07, 6.45) is 0. The smallest absolute Gasteiger partial charge is 0.349 e. The molecule has 0 radical (unpaired) electrons. The number of esters is 2. The zero-order chi connectivity index (χ0) is 12.1. The maximum absolute atomic E-state index is 11.1. The van der Waals surface area contributed by atoms with Gasteiger partial charge in [-0.05, 0) is 12.1 Å². The summed E-state index contributed by atoms with van der Waals surface area (Å²) < 4.78 is 9.30. The summed E-state index contributed by atoms with van der Waals surface area (Å²) in [6.45, 7) is 0.766. The standard InChI is InChI=1S/C10H8Cl2O4/c1-6(13)15-5-10(14)16-7-2-3-8(11)9(12)4-7/h2-4H,5H2,1H3. The number of hydrogen-bond donors (Lipinski definition) is 0. The highest BCUT2D eigenvalue weighted by Crippen LogP contribution is 2.26. The minimum Gasteiger partial charge on any atom is -0.454 e. The van der Waals surface area contributed by atoms with Crippen molar-refractivity contribution >= 4 is 35.1 Å². The van der Waals surface area contributed by atoms with Gasteiger partial charge in [0, 0.05) is 13.0 Å². The van der Waals surface area contributed by atoms with E-state index in [1.807, 2.05) is 0 Å². The van der Waals surface area contributed by atoms with Gasteiger partial charge in [0.05, 0.1) is 10.0 Å². The number of ether oxygens (including phenoxy) is 2. The van der Waals surface area contributed by atoms with Gasteiger partial charge in [-0.3, -0.25) is 4.79 Å². The SMILES string of the molecule is CC(=O)OCC(=O)Oc1ccc(Cl)c(Cl)c1. The van der Waals surface area contributed by atoms with Crippen LogP contribution >= 0.6 is 23.2 Å². The Morgan fingerprint density at radius 1 is 1.25 bits per heavy atom. The molecule has 0 spiro atoms. The molecule has 86 valence electrons. The van der Waals surface area contributed by atoms with Crippen molar-refractivity contribution in [2.24, 2.45) is 0 Å². The summed E-state index contributed by atoms with van der Waals surface area (Å²) >= 11 is 11.4. The average Bonchev–Trinajstić information content (AvgIpc) is 2.21. The Bertz CT molecular complexity index is 417. The molecule has 0 saturated carbocycles. The van der Waals surface area contributed by atoms with E-state index in [9.17, 15) is 9.59 Å². The molecule has 4 nitrogen and oxygen atoms in total. The number of halogens is 2. The second-order valence-corrected chi connectivity index (χ2v) is 3.64. The summed E-state index contributed by atoms with van der Waals surface area (Å²) in [6, 6.07) is 4.38. The van der Waals surface area contributed by atoms with Gasteiger partial charge in [0.2, 0.25) is 0 Å². The zero-order valence-electron chi connectivity index (χ0n) is 8.33. The molecule has 0 aliphatic carbocycles. The number of benzene rings is 1. The first-order valence-corrected chi connectivity index (χ1v) is 5.03. The molecule has 0 N–H and O–H groups in total. The third-order valence-corrected chi connectivity index (χ3v) is 2.26. The molecule has 0 saturated heterocycles. The first-order chi connectivity index (χ1) is 7.49. The molecule has 1 aromatic rings. The molecular weight excluding hydrogens is 255 g/mol. The van der Waals surface area contributed by atoms with E-state index in [0.717, 1.165) is 0 Å². The van der Waals surface area contributed by atoms with Crippen molar-refractivity contribution < 1.29 is 19.1 Å². The van der Waals surface area contributed by atoms with Gasteiger partial charge in [-0.2, -0.15) is 0 Å². The zero-order valence-corrected chi connectivity index (χ0v) is 9.84. The van der Waals surface area contributed by atoms with Crippen LogP contribution in [-0.2, 0) is 14.3 Å². The first-order valence-electron chi connectivity index (χ1n) is 4.28. The fourth-order valence-corrected chi connectivity index (χ4v) is 1.15. The van der Waals surface area contributed by atoms with Crippen molar-refractivity contribution in [1.82, 2.24) is 0 Å². The van der Waals surface area contributed by atoms with Crippen LogP contribution in [0.5, 0.6) is 5.75 Å². The number of hydrogen-bond acceptors (Lipinski definition) is 4. The fourth-order valence-electron chi connectivity index (χ4n) is 0.862. The number of carbonyl (C=O) groups is 2. The minimum absolute atomic E-state index is 0.242. The van der Waals surface area contributed by atoms with Crippen molar-refractivity contribution in [3.05, 3.63) is 28.2 Å². The van der Waals surface area contributed by atoms with Crippen LogP contribution < -0.4 is 4.74 Å². The van der Waals surface area contributed by atoms with Crippen molar-refractivity contribution in [3.63, 3.8) is 0 Å². The van der Waals surface area contributed by atoms with Crippen molar-refractivity contribution in [1.29, 1.82) is 0 Å². The predicted octanol–water partition coefficient (Wildman–Crippen LogP) is 2.46. The molecule has 0 atom stereocenters. The van der Waals surface area contributed by atoms with Gasteiger partial charge in [-0.1, -0.05) is 23.2 Å². The van der Waals surface area contributed by atoms with Crippen LogP contribution in [0.2, 0.25) is 10.0 Å². The van der Waals surface area contributed by atoms with E-state index in [1.54, 1.807) is 0 Å². The summed E-state index contributed by atoms with van der Waals surface area (Å²) in [5.41, 5.74) is 0. The predicted molar refractivity (Wildman–Crippen MR) is 58.7 cm³/mol. The van der Waals surface area contributed by atoms with Crippen LogP contribution in [0.25, 0.3) is 0 Å². The quantitative estimate of drug-likeness (QED) is 0.620. The largest absolute Gasteiger partial charge is 0.454 e. The molecule has 6 heteroatoms. The van der Waals surface area contributed by atoms with Crippen LogP contribution in [0.15, 0.2) is 18.2 Å². The van der Waals surface area contributed by atoms with Crippen molar-refractivity contribution in [2.45, 2.75) is 6.92 Å². The van der Waals surface area contributed by atoms with Crippen LogP contribution in [0.4, 0.5) is 0 Å². The van der Waals surface area contributed by atoms with Gasteiger partial charge >= 0.3 is 11.9 Å². The van der Waals surface area contributed by atoms with Gasteiger partial charge in [0.15, 0.2) is 6.61 Å². The van der Waals surface area contributed by atoms with E-state index in [2.05, 4.69) is 4.74 Å². The molecule has 0 fully saturated rings. The lowest BCUT2D eigenvalue weighted by Gasteiger charge is -2.05. The Morgan fingerprint density at radius 3 is 2.50 bits per heavy atom. The summed E-state index contributed by atoms with van der Waals surface area (Å²) in [5.74, 6) is -0.994. The second-order valence-electron chi connectivity index (χ2n) is 2.83. The Kier molecular flexibility index (Phi) is 4.58. The third kappa shape index (κ3) is 4.08. The topological polar surface area (TPSA) is 52.6 Å². The average molecular weight is 263 g/mol. The van der Waals surface area contributed by atoms with Crippen molar-refractivity contribution in [3.8, 4) is 5.75 Å². The van der Waals surface area contributed by atoms with Crippen LogP contribution in [0, 0.1) is 0 Å². The Labute approximate surface area is 102 Å². The molecule has 0 heterocycles. The minimum atomic E-state index is -0.686. The van der Waals surface area contributed by atoms with E-state index >= 15 is 0 Å². The second kappa shape index (κ2) is 5.72.